The van der Waals surface area contributed by atoms with E-state index in [2.05, 4.69) is 5.32 Å². The lowest BCUT2D eigenvalue weighted by Crippen LogP contribution is -2.52. The van der Waals surface area contributed by atoms with Gasteiger partial charge in [-0.2, -0.15) is 0 Å². The highest BCUT2D eigenvalue weighted by Crippen LogP contribution is 2.27. The van der Waals surface area contributed by atoms with E-state index < -0.39 is 34.3 Å². The Morgan fingerprint density at radius 2 is 1.46 bits per heavy atom. The number of rotatable bonds is 11. The Morgan fingerprint density at radius 3 is 2.00 bits per heavy atom. The minimum absolute atomic E-state index is 0.0139. The molecule has 0 aliphatic carbocycles. The van der Waals surface area contributed by atoms with Gasteiger partial charge in [0.2, 0.25) is 11.8 Å². The summed E-state index contributed by atoms with van der Waals surface area (Å²) in [6.45, 7) is 9.03. The summed E-state index contributed by atoms with van der Waals surface area (Å²) >= 11 is 0. The third-order valence-electron chi connectivity index (χ3n) is 6.39. The minimum Gasteiger partial charge on any atom is -0.355 e. The summed E-state index contributed by atoms with van der Waals surface area (Å²) in [5.74, 6) is -1.31. The number of likely N-dealkylation sites (N-methyl/N-ethyl adjacent to an activating group) is 1. The van der Waals surface area contributed by atoms with Gasteiger partial charge in [-0.3, -0.25) is 13.9 Å². The lowest BCUT2D eigenvalue weighted by Gasteiger charge is -2.33. The first kappa shape index (κ1) is 29.8. The summed E-state index contributed by atoms with van der Waals surface area (Å²) in [4.78, 5) is 28.4. The van der Waals surface area contributed by atoms with Crippen LogP contribution in [0.3, 0.4) is 0 Å². The van der Waals surface area contributed by atoms with Crippen molar-refractivity contribution in [3.63, 3.8) is 0 Å². The van der Waals surface area contributed by atoms with Crippen LogP contribution in [0.4, 0.5) is 10.1 Å². The van der Waals surface area contributed by atoms with Crippen LogP contribution in [0.2, 0.25) is 0 Å². The van der Waals surface area contributed by atoms with Crippen molar-refractivity contribution in [1.82, 2.24) is 10.2 Å². The smallest absolute Gasteiger partial charge is 0.264 e. The maximum Gasteiger partial charge on any atom is 0.264 e. The van der Waals surface area contributed by atoms with Crippen molar-refractivity contribution in [2.75, 3.05) is 17.4 Å². The molecule has 7 nitrogen and oxygen atoms in total. The Hall–Kier alpha value is -3.72. The molecule has 1 atom stereocenters. The van der Waals surface area contributed by atoms with Crippen LogP contribution >= 0.6 is 0 Å². The molecule has 3 aromatic carbocycles. The van der Waals surface area contributed by atoms with Crippen molar-refractivity contribution in [1.29, 1.82) is 0 Å². The Morgan fingerprint density at radius 1 is 0.872 bits per heavy atom. The van der Waals surface area contributed by atoms with E-state index in [0.29, 0.717) is 24.2 Å². The molecule has 0 aromatic heterocycles. The topological polar surface area (TPSA) is 86.8 Å². The zero-order chi connectivity index (χ0) is 28.7. The molecule has 0 aliphatic heterocycles. The molecule has 3 rings (SSSR count). The van der Waals surface area contributed by atoms with Gasteiger partial charge < -0.3 is 10.2 Å². The number of hydrogen-bond donors (Lipinski definition) is 1. The van der Waals surface area contributed by atoms with E-state index in [4.69, 9.17) is 0 Å². The van der Waals surface area contributed by atoms with Crippen molar-refractivity contribution >= 4 is 27.5 Å². The first-order chi connectivity index (χ1) is 18.5. The number of anilines is 1. The largest absolute Gasteiger partial charge is 0.355 e. The van der Waals surface area contributed by atoms with Gasteiger partial charge in [-0.05, 0) is 87.2 Å². The Bertz CT molecular complexity index is 1390. The highest BCUT2D eigenvalue weighted by atomic mass is 32.2. The molecule has 39 heavy (non-hydrogen) atoms. The maximum atomic E-state index is 14.0. The fraction of sp³-hybridized carbons (Fsp3) is 0.333. The van der Waals surface area contributed by atoms with Gasteiger partial charge in [0.1, 0.15) is 18.4 Å². The summed E-state index contributed by atoms with van der Waals surface area (Å²) in [6.07, 6.45) is 0.313. The van der Waals surface area contributed by atoms with Crippen LogP contribution < -0.4 is 9.62 Å². The van der Waals surface area contributed by atoms with Gasteiger partial charge in [0.25, 0.3) is 10.0 Å². The quantitative estimate of drug-likeness (QED) is 0.366. The SMILES string of the molecule is CCNC(=O)[C@H](CC)N(Cc1ccc(F)cc1)C(=O)CN(c1cc(C)cc(C)c1)S(=O)(=O)c1ccc(C)cc1. The van der Waals surface area contributed by atoms with E-state index >= 15 is 0 Å². The zero-order valence-corrected chi connectivity index (χ0v) is 23.9. The van der Waals surface area contributed by atoms with Gasteiger partial charge in [-0.25, -0.2) is 12.8 Å². The van der Waals surface area contributed by atoms with Crippen molar-refractivity contribution in [3.05, 3.63) is 94.8 Å². The van der Waals surface area contributed by atoms with E-state index in [1.165, 1.54) is 29.2 Å². The minimum atomic E-state index is -4.14. The standard InChI is InChI=1S/C30H36FN3O4S/c1-6-28(30(36)32-7-2)33(19-24-10-12-25(31)13-11-24)29(35)20-34(26-17-22(4)16-23(5)18-26)39(37,38)27-14-8-21(3)9-15-27/h8-18,28H,6-7,19-20H2,1-5H3,(H,32,36)/t28-/m0/s1. The molecule has 0 unspecified atom stereocenters. The highest BCUT2D eigenvalue weighted by molar-refractivity contribution is 7.92. The number of nitrogens with one attached hydrogen (secondary N) is 1. The second kappa shape index (κ2) is 12.9. The predicted octanol–water partition coefficient (Wildman–Crippen LogP) is 4.89. The zero-order valence-electron chi connectivity index (χ0n) is 23.1. The molecule has 2 amide bonds. The van der Waals surface area contributed by atoms with Crippen molar-refractivity contribution in [2.45, 2.75) is 58.5 Å². The molecular weight excluding hydrogens is 517 g/mol. The van der Waals surface area contributed by atoms with Gasteiger partial charge in [0.05, 0.1) is 10.6 Å². The van der Waals surface area contributed by atoms with Crippen LogP contribution in [-0.4, -0.2) is 44.3 Å². The molecule has 9 heteroatoms. The molecule has 0 aliphatic rings. The van der Waals surface area contributed by atoms with Crippen LogP contribution in [0.1, 0.15) is 42.5 Å². The van der Waals surface area contributed by atoms with E-state index in [-0.39, 0.29) is 17.3 Å². The molecule has 0 heterocycles. The fourth-order valence-electron chi connectivity index (χ4n) is 4.46. The number of carbonyl (C=O) groups excluding carboxylic acids is 2. The monoisotopic (exact) mass is 553 g/mol. The number of amides is 2. The number of halogens is 1. The molecule has 0 saturated carbocycles. The van der Waals surface area contributed by atoms with Crippen molar-refractivity contribution < 1.29 is 22.4 Å². The third-order valence-corrected chi connectivity index (χ3v) is 8.17. The van der Waals surface area contributed by atoms with E-state index in [0.717, 1.165) is 21.0 Å². The number of aryl methyl sites for hydroxylation is 3. The molecule has 0 saturated heterocycles. The van der Waals surface area contributed by atoms with Crippen LogP contribution in [0.15, 0.2) is 71.6 Å². The lowest BCUT2D eigenvalue weighted by molar-refractivity contribution is -0.140. The maximum absolute atomic E-state index is 14.0. The summed E-state index contributed by atoms with van der Waals surface area (Å²) in [6, 6.07) is 16.6. The van der Waals surface area contributed by atoms with Crippen LogP contribution in [0.5, 0.6) is 0 Å². The Kier molecular flexibility index (Phi) is 9.86. The van der Waals surface area contributed by atoms with E-state index in [1.54, 1.807) is 50.2 Å². The summed E-state index contributed by atoms with van der Waals surface area (Å²) < 4.78 is 42.5. The predicted molar refractivity (Wildman–Crippen MR) is 151 cm³/mol. The van der Waals surface area contributed by atoms with E-state index in [9.17, 15) is 22.4 Å². The average Bonchev–Trinajstić information content (AvgIpc) is 2.88. The van der Waals surface area contributed by atoms with Gasteiger partial charge in [0.15, 0.2) is 0 Å². The molecule has 0 fully saturated rings. The van der Waals surface area contributed by atoms with Crippen LogP contribution in [-0.2, 0) is 26.2 Å². The molecule has 3 aromatic rings. The highest BCUT2D eigenvalue weighted by Gasteiger charge is 2.33. The summed E-state index contributed by atoms with van der Waals surface area (Å²) in [5.41, 5.74) is 3.57. The second-order valence-corrected chi connectivity index (χ2v) is 11.5. The lowest BCUT2D eigenvalue weighted by atomic mass is 10.1. The molecular formula is C30H36FN3O4S. The summed E-state index contributed by atoms with van der Waals surface area (Å²) in [7, 11) is -4.14. The normalized spacial score (nSPS) is 12.1. The van der Waals surface area contributed by atoms with Gasteiger partial charge in [-0.15, -0.1) is 0 Å². The van der Waals surface area contributed by atoms with Crippen LogP contribution in [0.25, 0.3) is 0 Å². The molecule has 208 valence electrons. The Balaban J connectivity index is 2.09. The number of carbonyl (C=O) groups is 2. The van der Waals surface area contributed by atoms with Gasteiger partial charge in [-0.1, -0.05) is 42.8 Å². The fourth-order valence-corrected chi connectivity index (χ4v) is 5.86. The van der Waals surface area contributed by atoms with Gasteiger partial charge in [0, 0.05) is 13.1 Å². The Labute approximate surface area is 230 Å². The molecule has 0 radical (unpaired) electrons. The summed E-state index contributed by atoms with van der Waals surface area (Å²) in [5, 5.41) is 2.76. The third kappa shape index (κ3) is 7.44. The van der Waals surface area contributed by atoms with Crippen molar-refractivity contribution in [3.8, 4) is 0 Å². The van der Waals surface area contributed by atoms with Crippen LogP contribution in [0, 0.1) is 26.6 Å². The number of nitrogens with zero attached hydrogens (tertiary/aromatic N) is 2. The first-order valence-electron chi connectivity index (χ1n) is 13.0. The van der Waals surface area contributed by atoms with E-state index in [1.807, 2.05) is 26.8 Å². The van der Waals surface area contributed by atoms with Crippen molar-refractivity contribution in [2.24, 2.45) is 0 Å². The average molecular weight is 554 g/mol. The molecule has 1 N–H and O–H groups in total. The second-order valence-electron chi connectivity index (χ2n) is 9.64. The first-order valence-corrected chi connectivity index (χ1v) is 14.4. The number of sulfonamides is 1. The molecule has 0 bridgehead atoms. The van der Waals surface area contributed by atoms with Gasteiger partial charge >= 0.3 is 0 Å². The molecule has 0 spiro atoms. The number of benzene rings is 3. The number of hydrogen-bond acceptors (Lipinski definition) is 4.